The molecule has 16 heavy (non-hydrogen) atoms. The van der Waals surface area contributed by atoms with Crippen molar-refractivity contribution in [3.8, 4) is 0 Å². The summed E-state index contributed by atoms with van der Waals surface area (Å²) in [6.07, 6.45) is 2.09. The summed E-state index contributed by atoms with van der Waals surface area (Å²) in [5.74, 6) is 0.288. The second-order valence-corrected chi connectivity index (χ2v) is 5.74. The summed E-state index contributed by atoms with van der Waals surface area (Å²) < 4.78 is 25.8. The average molecular weight is 266 g/mol. The van der Waals surface area contributed by atoms with E-state index in [-0.39, 0.29) is 10.8 Å². The lowest BCUT2D eigenvalue weighted by atomic mass is 10.5. The van der Waals surface area contributed by atoms with Crippen LogP contribution in [0.15, 0.2) is 11.1 Å². The minimum atomic E-state index is -3.46. The van der Waals surface area contributed by atoms with Gasteiger partial charge in [0.15, 0.2) is 0 Å². The van der Waals surface area contributed by atoms with Crippen LogP contribution in [-0.2, 0) is 10.0 Å². The minimum absolute atomic E-state index is 0.228. The van der Waals surface area contributed by atoms with Gasteiger partial charge < -0.3 is 0 Å². The molecule has 0 spiro atoms. The Morgan fingerprint density at radius 1 is 1.50 bits per heavy atom. The van der Waals surface area contributed by atoms with E-state index in [4.69, 9.17) is 11.6 Å². The smallest absolute Gasteiger partial charge is 0.246 e. The predicted molar refractivity (Wildman–Crippen MR) is 63.1 cm³/mol. The summed E-state index contributed by atoms with van der Waals surface area (Å²) in [6, 6.07) is 0. The fraction of sp³-hybridized carbons (Fsp3) is 0.667. The summed E-state index contributed by atoms with van der Waals surface area (Å²) >= 11 is 5.61. The van der Waals surface area contributed by atoms with Gasteiger partial charge >= 0.3 is 0 Å². The third kappa shape index (κ3) is 2.75. The summed E-state index contributed by atoms with van der Waals surface area (Å²) in [7, 11) is -3.46. The van der Waals surface area contributed by atoms with Crippen molar-refractivity contribution < 1.29 is 8.42 Å². The maximum Gasteiger partial charge on any atom is 0.246 e. The predicted octanol–water partition coefficient (Wildman–Crippen LogP) is 1.36. The normalized spacial score (nSPS) is 12.2. The molecule has 0 fully saturated rings. The summed E-state index contributed by atoms with van der Waals surface area (Å²) in [4.78, 5) is 0.228. The van der Waals surface area contributed by atoms with Gasteiger partial charge in [-0.3, -0.25) is 5.10 Å². The molecule has 0 aliphatic carbocycles. The molecule has 0 saturated carbocycles. The maximum absolute atomic E-state index is 12.2. The number of aromatic nitrogens is 2. The van der Waals surface area contributed by atoms with Crippen molar-refractivity contribution >= 4 is 21.6 Å². The lowest BCUT2D eigenvalue weighted by molar-refractivity contribution is 0.428. The van der Waals surface area contributed by atoms with E-state index in [0.29, 0.717) is 18.8 Å². The van der Waals surface area contributed by atoms with Crippen molar-refractivity contribution in [2.45, 2.75) is 25.2 Å². The van der Waals surface area contributed by atoms with E-state index < -0.39 is 10.0 Å². The Morgan fingerprint density at radius 2 is 2.19 bits per heavy atom. The van der Waals surface area contributed by atoms with Gasteiger partial charge in [-0.05, 0) is 13.3 Å². The number of hydrogen-bond donors (Lipinski definition) is 1. The molecule has 1 rings (SSSR count). The lowest BCUT2D eigenvalue weighted by Crippen LogP contribution is -2.33. The van der Waals surface area contributed by atoms with Gasteiger partial charge in [-0.25, -0.2) is 8.42 Å². The van der Waals surface area contributed by atoms with Crippen LogP contribution in [0.4, 0.5) is 0 Å². The molecule has 1 aromatic rings. The van der Waals surface area contributed by atoms with Crippen molar-refractivity contribution in [1.82, 2.24) is 14.5 Å². The van der Waals surface area contributed by atoms with E-state index in [1.54, 1.807) is 6.92 Å². The zero-order valence-electron chi connectivity index (χ0n) is 9.40. The van der Waals surface area contributed by atoms with Crippen LogP contribution in [0.1, 0.15) is 19.0 Å². The highest BCUT2D eigenvalue weighted by molar-refractivity contribution is 7.89. The Kier molecular flexibility index (Phi) is 4.76. The number of H-pyrrole nitrogens is 1. The molecule has 5 nitrogen and oxygen atoms in total. The van der Waals surface area contributed by atoms with Crippen LogP contribution in [0.5, 0.6) is 0 Å². The molecule has 92 valence electrons. The lowest BCUT2D eigenvalue weighted by Gasteiger charge is -2.19. The standard InChI is InChI=1S/C9H16ClN3O2S/c1-3-5-13(6-4-10)16(14,15)9-7-11-12-8(9)2/h7H,3-6H2,1-2H3,(H,11,12). The molecular weight excluding hydrogens is 250 g/mol. The van der Waals surface area contributed by atoms with E-state index in [1.807, 2.05) is 6.92 Å². The summed E-state index contributed by atoms with van der Waals surface area (Å²) in [6.45, 7) is 4.41. The third-order valence-corrected chi connectivity index (χ3v) is 4.39. The number of hydrogen-bond acceptors (Lipinski definition) is 3. The molecule has 0 bridgehead atoms. The molecule has 0 saturated heterocycles. The van der Waals surface area contributed by atoms with E-state index in [1.165, 1.54) is 10.5 Å². The first kappa shape index (κ1) is 13.5. The quantitative estimate of drug-likeness (QED) is 0.790. The van der Waals surface area contributed by atoms with Crippen molar-refractivity contribution in [2.75, 3.05) is 19.0 Å². The van der Waals surface area contributed by atoms with Crippen molar-refractivity contribution in [2.24, 2.45) is 0 Å². The maximum atomic E-state index is 12.2. The number of alkyl halides is 1. The molecule has 0 unspecified atom stereocenters. The molecular formula is C9H16ClN3O2S. The van der Waals surface area contributed by atoms with Crippen molar-refractivity contribution in [1.29, 1.82) is 0 Å². The van der Waals surface area contributed by atoms with Gasteiger partial charge in [0.25, 0.3) is 0 Å². The number of nitrogens with one attached hydrogen (secondary N) is 1. The van der Waals surface area contributed by atoms with Crippen molar-refractivity contribution in [3.05, 3.63) is 11.9 Å². The number of halogens is 1. The van der Waals surface area contributed by atoms with E-state index in [2.05, 4.69) is 10.2 Å². The molecule has 0 aliphatic rings. The van der Waals surface area contributed by atoms with Crippen LogP contribution < -0.4 is 0 Å². The molecule has 1 heterocycles. The molecule has 0 atom stereocenters. The second-order valence-electron chi connectivity index (χ2n) is 3.45. The Bertz CT molecular complexity index is 424. The number of aryl methyl sites for hydroxylation is 1. The molecule has 0 aliphatic heterocycles. The van der Waals surface area contributed by atoms with Gasteiger partial charge in [0.1, 0.15) is 4.90 Å². The van der Waals surface area contributed by atoms with E-state index in [9.17, 15) is 8.42 Å². The van der Waals surface area contributed by atoms with Gasteiger partial charge in [0.2, 0.25) is 10.0 Å². The molecule has 1 aromatic heterocycles. The van der Waals surface area contributed by atoms with E-state index in [0.717, 1.165) is 6.42 Å². The molecule has 0 aromatic carbocycles. The van der Waals surface area contributed by atoms with Gasteiger partial charge in [0, 0.05) is 19.0 Å². The number of aromatic amines is 1. The van der Waals surface area contributed by atoms with Crippen LogP contribution in [0.2, 0.25) is 0 Å². The first-order chi connectivity index (χ1) is 7.54. The molecule has 0 amide bonds. The third-order valence-electron chi connectivity index (χ3n) is 2.21. The van der Waals surface area contributed by atoms with E-state index >= 15 is 0 Å². The van der Waals surface area contributed by atoms with Crippen molar-refractivity contribution in [3.63, 3.8) is 0 Å². The van der Waals surface area contributed by atoms with Gasteiger partial charge in [-0.1, -0.05) is 6.92 Å². The Hall–Kier alpha value is -0.590. The topological polar surface area (TPSA) is 66.1 Å². The molecule has 7 heteroatoms. The number of sulfonamides is 1. The SMILES string of the molecule is CCCN(CCCl)S(=O)(=O)c1cn[nH]c1C. The average Bonchev–Trinajstić information content (AvgIpc) is 2.65. The Labute approximate surface area is 101 Å². The zero-order chi connectivity index (χ0) is 12.2. The van der Waals surface area contributed by atoms with Gasteiger partial charge in [-0.15, -0.1) is 11.6 Å². The fourth-order valence-corrected chi connectivity index (χ4v) is 3.39. The number of nitrogens with zero attached hydrogens (tertiary/aromatic N) is 2. The largest absolute Gasteiger partial charge is 0.281 e. The molecule has 1 N–H and O–H groups in total. The van der Waals surface area contributed by atoms with Gasteiger partial charge in [0.05, 0.1) is 11.9 Å². The highest BCUT2D eigenvalue weighted by Gasteiger charge is 2.25. The first-order valence-electron chi connectivity index (χ1n) is 5.10. The van der Waals surface area contributed by atoms with Crippen LogP contribution >= 0.6 is 11.6 Å². The minimum Gasteiger partial charge on any atom is -0.281 e. The number of rotatable bonds is 6. The summed E-state index contributed by atoms with van der Waals surface area (Å²) in [5, 5.41) is 6.35. The highest BCUT2D eigenvalue weighted by atomic mass is 35.5. The highest BCUT2D eigenvalue weighted by Crippen LogP contribution is 2.17. The summed E-state index contributed by atoms with van der Waals surface area (Å²) in [5.41, 5.74) is 0.552. The Balaban J connectivity index is 3.03. The van der Waals surface area contributed by atoms with Gasteiger partial charge in [-0.2, -0.15) is 9.40 Å². The zero-order valence-corrected chi connectivity index (χ0v) is 11.0. The monoisotopic (exact) mass is 265 g/mol. The fourth-order valence-electron chi connectivity index (χ4n) is 1.43. The molecule has 0 radical (unpaired) electrons. The van der Waals surface area contributed by atoms with Crippen LogP contribution in [-0.4, -0.2) is 41.9 Å². The Morgan fingerprint density at radius 3 is 2.62 bits per heavy atom. The second kappa shape index (κ2) is 5.65. The van der Waals surface area contributed by atoms with Crippen LogP contribution in [0, 0.1) is 6.92 Å². The van der Waals surface area contributed by atoms with Crippen LogP contribution in [0.3, 0.4) is 0 Å². The van der Waals surface area contributed by atoms with Crippen LogP contribution in [0.25, 0.3) is 0 Å². The first-order valence-corrected chi connectivity index (χ1v) is 7.07.